The molecule has 2 aromatic heterocycles. The number of carbonyl (C=O) groups is 1. The SMILES string of the molecule is COc1ccc(CNc2ccc3ncc(C(=O)NC4CCOCC4)n3n2)cc1OC. The second kappa shape index (κ2) is 9.00. The Labute approximate surface area is 174 Å². The summed E-state index contributed by atoms with van der Waals surface area (Å²) in [6, 6.07) is 9.51. The zero-order valence-electron chi connectivity index (χ0n) is 17.1. The number of anilines is 1. The Hall–Kier alpha value is -3.33. The van der Waals surface area contributed by atoms with Gasteiger partial charge in [-0.15, -0.1) is 5.10 Å². The first-order chi connectivity index (χ1) is 14.7. The third kappa shape index (κ3) is 4.30. The number of amides is 1. The maximum absolute atomic E-state index is 12.7. The van der Waals surface area contributed by atoms with Crippen LogP contribution in [-0.4, -0.2) is 54.0 Å². The predicted octanol–water partition coefficient (Wildman–Crippen LogP) is 2.27. The van der Waals surface area contributed by atoms with Gasteiger partial charge in [-0.2, -0.15) is 0 Å². The van der Waals surface area contributed by atoms with Crippen molar-refractivity contribution in [2.24, 2.45) is 0 Å². The van der Waals surface area contributed by atoms with Crippen LogP contribution in [0.2, 0.25) is 0 Å². The smallest absolute Gasteiger partial charge is 0.271 e. The van der Waals surface area contributed by atoms with Crippen molar-refractivity contribution in [3.63, 3.8) is 0 Å². The van der Waals surface area contributed by atoms with Crippen LogP contribution in [0.25, 0.3) is 5.65 Å². The molecule has 1 aliphatic rings. The van der Waals surface area contributed by atoms with Crippen LogP contribution in [-0.2, 0) is 11.3 Å². The van der Waals surface area contributed by atoms with E-state index < -0.39 is 0 Å². The van der Waals surface area contributed by atoms with Crippen LogP contribution in [0.3, 0.4) is 0 Å². The predicted molar refractivity (Wildman–Crippen MR) is 111 cm³/mol. The highest BCUT2D eigenvalue weighted by atomic mass is 16.5. The summed E-state index contributed by atoms with van der Waals surface area (Å²) in [7, 11) is 3.21. The quantitative estimate of drug-likeness (QED) is 0.615. The summed E-state index contributed by atoms with van der Waals surface area (Å²) in [5.41, 5.74) is 2.03. The molecule has 1 saturated heterocycles. The van der Waals surface area contributed by atoms with Crippen LogP contribution < -0.4 is 20.1 Å². The van der Waals surface area contributed by atoms with Crippen LogP contribution in [0.15, 0.2) is 36.5 Å². The van der Waals surface area contributed by atoms with E-state index in [9.17, 15) is 4.79 Å². The maximum atomic E-state index is 12.7. The Kier molecular flexibility index (Phi) is 5.99. The molecule has 4 rings (SSSR count). The summed E-state index contributed by atoms with van der Waals surface area (Å²) < 4.78 is 17.5. The van der Waals surface area contributed by atoms with Gasteiger partial charge in [-0.3, -0.25) is 4.79 Å². The lowest BCUT2D eigenvalue weighted by molar-refractivity contribution is 0.0693. The number of hydrogen-bond donors (Lipinski definition) is 2. The molecule has 158 valence electrons. The minimum absolute atomic E-state index is 0.114. The average molecular weight is 411 g/mol. The number of methoxy groups -OCH3 is 2. The van der Waals surface area contributed by atoms with Crippen molar-refractivity contribution in [1.82, 2.24) is 19.9 Å². The van der Waals surface area contributed by atoms with Gasteiger partial charge in [0, 0.05) is 25.8 Å². The highest BCUT2D eigenvalue weighted by Crippen LogP contribution is 2.27. The molecule has 1 fully saturated rings. The number of ether oxygens (including phenoxy) is 3. The molecule has 0 bridgehead atoms. The Bertz CT molecular complexity index is 1030. The summed E-state index contributed by atoms with van der Waals surface area (Å²) in [6.45, 7) is 1.87. The lowest BCUT2D eigenvalue weighted by atomic mass is 10.1. The largest absolute Gasteiger partial charge is 0.493 e. The van der Waals surface area contributed by atoms with E-state index in [0.29, 0.717) is 48.4 Å². The average Bonchev–Trinajstić information content (AvgIpc) is 3.21. The van der Waals surface area contributed by atoms with Crippen LogP contribution in [0.5, 0.6) is 11.5 Å². The van der Waals surface area contributed by atoms with Gasteiger partial charge in [0.2, 0.25) is 0 Å². The van der Waals surface area contributed by atoms with E-state index in [2.05, 4.69) is 20.7 Å². The molecule has 3 aromatic rings. The number of benzene rings is 1. The second-order valence-electron chi connectivity index (χ2n) is 7.04. The number of hydrogen-bond acceptors (Lipinski definition) is 7. The summed E-state index contributed by atoms with van der Waals surface area (Å²) in [4.78, 5) is 17.0. The molecule has 0 radical (unpaired) electrons. The highest BCUT2D eigenvalue weighted by molar-refractivity contribution is 5.93. The van der Waals surface area contributed by atoms with Crippen molar-refractivity contribution in [2.75, 3.05) is 32.8 Å². The fraction of sp³-hybridized carbons (Fsp3) is 0.381. The van der Waals surface area contributed by atoms with E-state index in [1.807, 2.05) is 30.3 Å². The monoisotopic (exact) mass is 411 g/mol. The van der Waals surface area contributed by atoms with Crippen molar-refractivity contribution >= 4 is 17.4 Å². The molecule has 1 aliphatic heterocycles. The molecule has 9 nitrogen and oxygen atoms in total. The highest BCUT2D eigenvalue weighted by Gasteiger charge is 2.20. The molecule has 1 amide bonds. The van der Waals surface area contributed by atoms with E-state index in [1.54, 1.807) is 24.9 Å². The summed E-state index contributed by atoms with van der Waals surface area (Å²) in [6.07, 6.45) is 3.18. The zero-order valence-corrected chi connectivity index (χ0v) is 17.1. The van der Waals surface area contributed by atoms with Crippen molar-refractivity contribution < 1.29 is 19.0 Å². The molecule has 9 heteroatoms. The molecular weight excluding hydrogens is 386 g/mol. The third-order valence-corrected chi connectivity index (χ3v) is 5.07. The second-order valence-corrected chi connectivity index (χ2v) is 7.04. The van der Waals surface area contributed by atoms with Gasteiger partial charge in [-0.05, 0) is 42.7 Å². The van der Waals surface area contributed by atoms with E-state index in [1.165, 1.54) is 0 Å². The van der Waals surface area contributed by atoms with Crippen molar-refractivity contribution in [1.29, 1.82) is 0 Å². The minimum atomic E-state index is -0.182. The molecular formula is C21H25N5O4. The molecule has 0 spiro atoms. The van der Waals surface area contributed by atoms with Gasteiger partial charge >= 0.3 is 0 Å². The number of rotatable bonds is 7. The Morgan fingerprint density at radius 1 is 1.17 bits per heavy atom. The molecule has 30 heavy (non-hydrogen) atoms. The van der Waals surface area contributed by atoms with Gasteiger partial charge in [0.25, 0.3) is 5.91 Å². The van der Waals surface area contributed by atoms with Gasteiger partial charge in [-0.1, -0.05) is 6.07 Å². The van der Waals surface area contributed by atoms with Gasteiger partial charge in [0.15, 0.2) is 22.8 Å². The van der Waals surface area contributed by atoms with E-state index in [0.717, 1.165) is 18.4 Å². The fourth-order valence-corrected chi connectivity index (χ4v) is 3.41. The molecule has 0 saturated carbocycles. The standard InChI is InChI=1S/C21H25N5O4/c1-28-17-4-3-14(11-18(17)29-2)12-22-19-5-6-20-23-13-16(26(20)25-19)21(27)24-15-7-9-30-10-8-15/h3-6,11,13,15H,7-10,12H2,1-2H3,(H,22,25)(H,24,27). The maximum Gasteiger partial charge on any atom is 0.271 e. The molecule has 3 heterocycles. The van der Waals surface area contributed by atoms with Crippen LogP contribution in [0, 0.1) is 0 Å². The first kappa shape index (κ1) is 20.0. The normalized spacial score (nSPS) is 14.5. The van der Waals surface area contributed by atoms with Gasteiger partial charge < -0.3 is 24.8 Å². The molecule has 0 atom stereocenters. The lowest BCUT2D eigenvalue weighted by Crippen LogP contribution is -2.39. The van der Waals surface area contributed by atoms with Crippen LogP contribution >= 0.6 is 0 Å². The van der Waals surface area contributed by atoms with Crippen LogP contribution in [0.4, 0.5) is 5.82 Å². The first-order valence-corrected chi connectivity index (χ1v) is 9.86. The number of nitrogens with one attached hydrogen (secondary N) is 2. The molecule has 0 unspecified atom stereocenters. The van der Waals surface area contributed by atoms with Crippen molar-refractivity contribution in [2.45, 2.75) is 25.4 Å². The minimum Gasteiger partial charge on any atom is -0.493 e. The van der Waals surface area contributed by atoms with E-state index >= 15 is 0 Å². The molecule has 0 aliphatic carbocycles. The Balaban J connectivity index is 1.47. The van der Waals surface area contributed by atoms with E-state index in [-0.39, 0.29) is 11.9 Å². The Morgan fingerprint density at radius 3 is 2.73 bits per heavy atom. The number of imidazole rings is 1. The van der Waals surface area contributed by atoms with Gasteiger partial charge in [-0.25, -0.2) is 9.50 Å². The third-order valence-electron chi connectivity index (χ3n) is 5.07. The first-order valence-electron chi connectivity index (χ1n) is 9.86. The fourth-order valence-electron chi connectivity index (χ4n) is 3.41. The lowest BCUT2D eigenvalue weighted by Gasteiger charge is -2.22. The number of aromatic nitrogens is 3. The number of fused-ring (bicyclic) bond motifs is 1. The zero-order chi connectivity index (χ0) is 20.9. The van der Waals surface area contributed by atoms with Crippen LogP contribution in [0.1, 0.15) is 28.9 Å². The van der Waals surface area contributed by atoms with Gasteiger partial charge in [0.1, 0.15) is 5.82 Å². The van der Waals surface area contributed by atoms with Crippen molar-refractivity contribution in [3.05, 3.63) is 47.8 Å². The summed E-state index contributed by atoms with van der Waals surface area (Å²) >= 11 is 0. The number of nitrogens with zero attached hydrogens (tertiary/aromatic N) is 3. The molecule has 2 N–H and O–H groups in total. The topological polar surface area (TPSA) is 99.0 Å². The Morgan fingerprint density at radius 2 is 1.97 bits per heavy atom. The van der Waals surface area contributed by atoms with E-state index in [4.69, 9.17) is 14.2 Å². The summed E-state index contributed by atoms with van der Waals surface area (Å²) in [5, 5.41) is 10.9. The van der Waals surface area contributed by atoms with Crippen molar-refractivity contribution in [3.8, 4) is 11.5 Å². The molecule has 1 aromatic carbocycles. The van der Waals surface area contributed by atoms with Gasteiger partial charge in [0.05, 0.1) is 20.4 Å². The number of carbonyl (C=O) groups excluding carboxylic acids is 1. The summed E-state index contributed by atoms with van der Waals surface area (Å²) in [5.74, 6) is 1.80.